The van der Waals surface area contributed by atoms with Crippen molar-refractivity contribution in [2.75, 3.05) is 40.4 Å². The van der Waals surface area contributed by atoms with Crippen molar-refractivity contribution in [3.63, 3.8) is 0 Å². The van der Waals surface area contributed by atoms with E-state index >= 15 is 0 Å². The lowest BCUT2D eigenvalue weighted by atomic mass is 9.94. The fourth-order valence-electron chi connectivity index (χ4n) is 2.05. The minimum Gasteiger partial charge on any atom is -0.384 e. The number of amides is 1. The topological polar surface area (TPSA) is 41.6 Å². The lowest BCUT2D eigenvalue weighted by Gasteiger charge is -2.25. The van der Waals surface area contributed by atoms with Crippen molar-refractivity contribution >= 4 is 5.91 Å². The van der Waals surface area contributed by atoms with E-state index in [0.29, 0.717) is 13.0 Å². The summed E-state index contributed by atoms with van der Waals surface area (Å²) in [4.78, 5) is 13.4. The molecule has 1 saturated heterocycles. The van der Waals surface area contributed by atoms with Crippen LogP contribution in [0.4, 0.5) is 0 Å². The largest absolute Gasteiger partial charge is 0.384 e. The second-order valence-corrected chi connectivity index (χ2v) is 4.54. The minimum absolute atomic E-state index is 0.191. The van der Waals surface area contributed by atoms with Gasteiger partial charge in [0.15, 0.2) is 0 Å². The average molecular weight is 228 g/mol. The van der Waals surface area contributed by atoms with E-state index in [9.17, 15) is 4.79 Å². The van der Waals surface area contributed by atoms with Crippen LogP contribution in [0, 0.1) is 5.92 Å². The number of nitrogens with zero attached hydrogens (tertiary/aromatic N) is 1. The Hall–Kier alpha value is -0.610. The molecule has 1 aliphatic rings. The molecule has 16 heavy (non-hydrogen) atoms. The average Bonchev–Trinajstić information content (AvgIpc) is 2.34. The zero-order valence-corrected chi connectivity index (χ0v) is 10.5. The molecule has 1 amide bonds. The molecular weight excluding hydrogens is 204 g/mol. The quantitative estimate of drug-likeness (QED) is 0.733. The third-order valence-corrected chi connectivity index (χ3v) is 3.28. The van der Waals surface area contributed by atoms with Crippen molar-refractivity contribution < 1.29 is 9.53 Å². The van der Waals surface area contributed by atoms with Crippen LogP contribution in [0.2, 0.25) is 0 Å². The van der Waals surface area contributed by atoms with E-state index in [1.807, 2.05) is 11.9 Å². The summed E-state index contributed by atoms with van der Waals surface area (Å²) < 4.78 is 4.90. The lowest BCUT2D eigenvalue weighted by molar-refractivity contribution is -0.131. The zero-order valence-electron chi connectivity index (χ0n) is 10.5. The molecule has 4 heteroatoms. The Labute approximate surface area is 98.3 Å². The highest BCUT2D eigenvalue weighted by molar-refractivity contribution is 5.75. The summed E-state index contributed by atoms with van der Waals surface area (Å²) in [5, 5.41) is 3.36. The number of methoxy groups -OCH3 is 1. The van der Waals surface area contributed by atoms with Crippen LogP contribution in [-0.4, -0.2) is 51.2 Å². The number of nitrogens with one attached hydrogen (secondary N) is 1. The van der Waals surface area contributed by atoms with Crippen LogP contribution in [0.15, 0.2) is 0 Å². The van der Waals surface area contributed by atoms with E-state index in [1.165, 1.54) is 12.8 Å². The molecule has 1 rings (SSSR count). The Morgan fingerprint density at radius 2 is 2.12 bits per heavy atom. The maximum atomic E-state index is 11.6. The van der Waals surface area contributed by atoms with E-state index in [0.717, 1.165) is 32.0 Å². The van der Waals surface area contributed by atoms with Gasteiger partial charge in [-0.1, -0.05) is 0 Å². The molecule has 0 aromatic carbocycles. The van der Waals surface area contributed by atoms with Crippen LogP contribution < -0.4 is 5.32 Å². The first-order chi connectivity index (χ1) is 7.74. The van der Waals surface area contributed by atoms with Gasteiger partial charge in [-0.3, -0.25) is 4.79 Å². The zero-order chi connectivity index (χ0) is 11.8. The number of hydrogen-bond donors (Lipinski definition) is 1. The highest BCUT2D eigenvalue weighted by Gasteiger charge is 2.15. The summed E-state index contributed by atoms with van der Waals surface area (Å²) in [6, 6.07) is 0. The summed E-state index contributed by atoms with van der Waals surface area (Å²) in [6.07, 6.45) is 4.14. The number of piperidine rings is 1. The Bertz CT molecular complexity index is 203. The van der Waals surface area contributed by atoms with Gasteiger partial charge in [-0.15, -0.1) is 0 Å². The summed E-state index contributed by atoms with van der Waals surface area (Å²) in [7, 11) is 3.52. The smallest absolute Gasteiger partial charge is 0.224 e. The van der Waals surface area contributed by atoms with Gasteiger partial charge in [0.1, 0.15) is 0 Å². The maximum absolute atomic E-state index is 11.6. The molecule has 0 unspecified atom stereocenters. The van der Waals surface area contributed by atoms with Crippen molar-refractivity contribution in [1.29, 1.82) is 0 Å². The highest BCUT2D eigenvalue weighted by atomic mass is 16.5. The second kappa shape index (κ2) is 7.63. The summed E-state index contributed by atoms with van der Waals surface area (Å²) in [5.41, 5.74) is 0. The van der Waals surface area contributed by atoms with Crippen LogP contribution in [0.3, 0.4) is 0 Å². The molecule has 1 fully saturated rings. The Morgan fingerprint density at radius 1 is 1.44 bits per heavy atom. The molecule has 0 atom stereocenters. The molecule has 0 radical (unpaired) electrons. The normalized spacial score (nSPS) is 17.4. The first kappa shape index (κ1) is 13.5. The first-order valence-electron chi connectivity index (χ1n) is 6.17. The van der Waals surface area contributed by atoms with Crippen LogP contribution in [0.5, 0.6) is 0 Å². The molecule has 1 aliphatic heterocycles. The van der Waals surface area contributed by atoms with Crippen molar-refractivity contribution in [2.24, 2.45) is 5.92 Å². The van der Waals surface area contributed by atoms with Crippen molar-refractivity contribution in [3.05, 3.63) is 0 Å². The molecule has 1 heterocycles. The van der Waals surface area contributed by atoms with E-state index in [2.05, 4.69) is 5.32 Å². The molecule has 94 valence electrons. The highest BCUT2D eigenvalue weighted by Crippen LogP contribution is 2.16. The van der Waals surface area contributed by atoms with Gasteiger partial charge in [0.2, 0.25) is 5.91 Å². The molecule has 0 bridgehead atoms. The molecule has 0 saturated carbocycles. The molecule has 0 aromatic heterocycles. The third-order valence-electron chi connectivity index (χ3n) is 3.28. The predicted octanol–water partition coefficient (Wildman–Crippen LogP) is 0.871. The molecule has 0 aliphatic carbocycles. The van der Waals surface area contributed by atoms with E-state index in [-0.39, 0.29) is 5.91 Å². The van der Waals surface area contributed by atoms with Crippen molar-refractivity contribution in [1.82, 2.24) is 10.2 Å². The number of hydrogen-bond acceptors (Lipinski definition) is 3. The molecular formula is C12H24N2O2. The standard InChI is InChI=1S/C12H24N2O2/c1-14(12(15)6-10-16-2)9-5-11-3-7-13-8-4-11/h11,13H,3-10H2,1-2H3. The van der Waals surface area contributed by atoms with Gasteiger partial charge in [-0.2, -0.15) is 0 Å². The summed E-state index contributed by atoms with van der Waals surface area (Å²) in [5.74, 6) is 0.981. The Morgan fingerprint density at radius 3 is 2.75 bits per heavy atom. The fraction of sp³-hybridized carbons (Fsp3) is 0.917. The minimum atomic E-state index is 0.191. The van der Waals surface area contributed by atoms with E-state index in [1.54, 1.807) is 7.11 Å². The number of carbonyl (C=O) groups excluding carboxylic acids is 1. The number of ether oxygens (including phenoxy) is 1. The van der Waals surface area contributed by atoms with Gasteiger partial charge < -0.3 is 15.0 Å². The monoisotopic (exact) mass is 228 g/mol. The van der Waals surface area contributed by atoms with Gasteiger partial charge in [0, 0.05) is 20.7 Å². The summed E-state index contributed by atoms with van der Waals surface area (Å²) >= 11 is 0. The van der Waals surface area contributed by atoms with E-state index in [4.69, 9.17) is 4.74 Å². The number of rotatable bonds is 6. The molecule has 0 aromatic rings. The van der Waals surface area contributed by atoms with Crippen LogP contribution in [0.25, 0.3) is 0 Å². The predicted molar refractivity (Wildman–Crippen MR) is 64.3 cm³/mol. The number of carbonyl (C=O) groups is 1. The van der Waals surface area contributed by atoms with Crippen LogP contribution >= 0.6 is 0 Å². The van der Waals surface area contributed by atoms with Crippen LogP contribution in [-0.2, 0) is 9.53 Å². The second-order valence-electron chi connectivity index (χ2n) is 4.54. The van der Waals surface area contributed by atoms with Gasteiger partial charge in [0.25, 0.3) is 0 Å². The Balaban J connectivity index is 2.12. The lowest BCUT2D eigenvalue weighted by Crippen LogP contribution is -2.32. The SMILES string of the molecule is COCCC(=O)N(C)CCC1CCNCC1. The van der Waals surface area contributed by atoms with Gasteiger partial charge in [-0.05, 0) is 38.3 Å². The molecule has 1 N–H and O–H groups in total. The third kappa shape index (κ3) is 4.94. The molecule has 4 nitrogen and oxygen atoms in total. The van der Waals surface area contributed by atoms with E-state index < -0.39 is 0 Å². The maximum Gasteiger partial charge on any atom is 0.224 e. The van der Waals surface area contributed by atoms with Gasteiger partial charge in [0.05, 0.1) is 13.0 Å². The van der Waals surface area contributed by atoms with Crippen molar-refractivity contribution in [3.8, 4) is 0 Å². The molecule has 0 spiro atoms. The summed E-state index contributed by atoms with van der Waals surface area (Å²) in [6.45, 7) is 3.67. The van der Waals surface area contributed by atoms with Gasteiger partial charge in [-0.25, -0.2) is 0 Å². The van der Waals surface area contributed by atoms with Crippen molar-refractivity contribution in [2.45, 2.75) is 25.7 Å². The van der Waals surface area contributed by atoms with Gasteiger partial charge >= 0.3 is 0 Å². The fourth-order valence-corrected chi connectivity index (χ4v) is 2.05. The Kier molecular flexibility index (Phi) is 6.42. The first-order valence-corrected chi connectivity index (χ1v) is 6.17. The van der Waals surface area contributed by atoms with Crippen LogP contribution in [0.1, 0.15) is 25.7 Å².